The Morgan fingerprint density at radius 2 is 1.41 bits per heavy atom. The minimum atomic E-state index is 0. The van der Waals surface area contributed by atoms with Crippen LogP contribution >= 0.6 is 0 Å². The summed E-state index contributed by atoms with van der Waals surface area (Å²) in [5, 5.41) is 8.94. The minimum absolute atomic E-state index is 0. The Balaban J connectivity index is 0.000000188. The maximum absolute atomic E-state index is 8.94. The fraction of sp³-hybridized carbons (Fsp3) is 0.0333. The fourth-order valence-electron chi connectivity index (χ4n) is 3.26. The molecule has 0 bridgehead atoms. The molecular weight excluding hydrogens is 595 g/mol. The zero-order valence-electron chi connectivity index (χ0n) is 18.6. The average Bonchev–Trinajstić information content (AvgIpc) is 2.91. The van der Waals surface area contributed by atoms with Crippen LogP contribution in [-0.4, -0.2) is 9.97 Å². The van der Waals surface area contributed by atoms with Crippen molar-refractivity contribution < 1.29 is 20.1 Å². The summed E-state index contributed by atoms with van der Waals surface area (Å²) >= 11 is 0. The number of hydrogen-bond acceptors (Lipinski definition) is 3. The smallest absolute Gasteiger partial charge is 0.0475 e. The third-order valence-electron chi connectivity index (χ3n) is 5.00. The third kappa shape index (κ3) is 6.33. The molecule has 0 aliphatic carbocycles. The van der Waals surface area contributed by atoms with E-state index in [9.17, 15) is 0 Å². The molecule has 0 unspecified atom stereocenters. The van der Waals surface area contributed by atoms with Crippen LogP contribution in [0, 0.1) is 30.4 Å². The molecule has 0 atom stereocenters. The van der Waals surface area contributed by atoms with E-state index in [4.69, 9.17) is 5.26 Å². The summed E-state index contributed by atoms with van der Waals surface area (Å²) in [7, 11) is 0. The first kappa shape index (κ1) is 24.7. The van der Waals surface area contributed by atoms with E-state index in [0.29, 0.717) is 5.56 Å². The largest absolute Gasteiger partial charge is 0.304 e. The number of nitriles is 1. The molecule has 3 aromatic carbocycles. The van der Waals surface area contributed by atoms with Crippen LogP contribution in [0.2, 0.25) is 0 Å². The van der Waals surface area contributed by atoms with Gasteiger partial charge in [-0.2, -0.15) is 0 Å². The second-order valence-corrected chi connectivity index (χ2v) is 7.37. The first-order valence-electron chi connectivity index (χ1n) is 10.6. The summed E-state index contributed by atoms with van der Waals surface area (Å²) in [5.74, 6) is 0. The van der Waals surface area contributed by atoms with E-state index in [0.717, 1.165) is 33.6 Å². The van der Waals surface area contributed by atoms with Gasteiger partial charge in [0.15, 0.2) is 0 Å². The number of hydrogen-bond donors (Lipinski definition) is 0. The zero-order chi connectivity index (χ0) is 22.9. The Hall–Kier alpha value is -3.90. The molecule has 0 N–H and O–H groups in total. The standard InChI is InChI=1S/C17H12N.C13H9N2.Ir/c1-3-7-14(8-4-1)16-11-12-17(18-13-16)15-9-5-2-6-10-15;1-10-6-7-13(15-9-10)12-5-3-2-4-11(12)8-14;/h1-9,11-13H;2-4,6-7,9H,1H3;/q2*-1;. The van der Waals surface area contributed by atoms with Crippen molar-refractivity contribution in [1.82, 2.24) is 9.97 Å². The Morgan fingerprint density at radius 1 is 0.676 bits per heavy atom. The van der Waals surface area contributed by atoms with Crippen LogP contribution < -0.4 is 0 Å². The van der Waals surface area contributed by atoms with E-state index in [1.54, 1.807) is 24.4 Å². The fourth-order valence-corrected chi connectivity index (χ4v) is 3.26. The average molecular weight is 616 g/mol. The maximum atomic E-state index is 8.94. The summed E-state index contributed by atoms with van der Waals surface area (Å²) in [6.45, 7) is 1.98. The van der Waals surface area contributed by atoms with Gasteiger partial charge in [-0.05, 0) is 40.6 Å². The topological polar surface area (TPSA) is 49.6 Å². The molecule has 5 rings (SSSR count). The van der Waals surface area contributed by atoms with Crippen molar-refractivity contribution >= 4 is 0 Å². The van der Waals surface area contributed by atoms with Crippen molar-refractivity contribution in [3.63, 3.8) is 0 Å². The zero-order valence-corrected chi connectivity index (χ0v) is 21.0. The predicted octanol–water partition coefficient (Wildman–Crippen LogP) is 6.94. The van der Waals surface area contributed by atoms with Crippen molar-refractivity contribution in [1.29, 1.82) is 5.26 Å². The maximum Gasteiger partial charge on any atom is 0.0475 e. The van der Waals surface area contributed by atoms with Crippen LogP contribution in [0.3, 0.4) is 0 Å². The minimum Gasteiger partial charge on any atom is -0.304 e. The van der Waals surface area contributed by atoms with Crippen LogP contribution in [0.25, 0.3) is 33.6 Å². The van der Waals surface area contributed by atoms with Gasteiger partial charge in [0.25, 0.3) is 0 Å². The van der Waals surface area contributed by atoms with Crippen molar-refractivity contribution in [3.05, 3.63) is 133 Å². The van der Waals surface area contributed by atoms with Crippen LogP contribution in [0.1, 0.15) is 11.1 Å². The first-order chi connectivity index (χ1) is 16.2. The summed E-state index contributed by atoms with van der Waals surface area (Å²) < 4.78 is 0. The molecule has 0 saturated carbocycles. The summed E-state index contributed by atoms with van der Waals surface area (Å²) in [6, 6.07) is 39.9. The molecule has 0 saturated heterocycles. The summed E-state index contributed by atoms with van der Waals surface area (Å²) in [5.41, 5.74) is 7.57. The van der Waals surface area contributed by atoms with Crippen LogP contribution in [-0.2, 0) is 20.1 Å². The van der Waals surface area contributed by atoms with E-state index in [1.807, 2.05) is 73.8 Å². The number of pyridine rings is 2. The van der Waals surface area contributed by atoms with Gasteiger partial charge < -0.3 is 9.97 Å². The summed E-state index contributed by atoms with van der Waals surface area (Å²) in [6.07, 6.45) is 3.70. The molecular formula is C30H21IrN3-2. The number of nitrogens with zero attached hydrogens (tertiary/aromatic N) is 3. The number of rotatable bonds is 3. The Morgan fingerprint density at radius 3 is 2.06 bits per heavy atom. The van der Waals surface area contributed by atoms with Crippen LogP contribution in [0.5, 0.6) is 0 Å². The molecule has 2 aromatic heterocycles. The second kappa shape index (κ2) is 12.4. The van der Waals surface area contributed by atoms with Gasteiger partial charge in [0.1, 0.15) is 0 Å². The van der Waals surface area contributed by atoms with E-state index >= 15 is 0 Å². The molecule has 0 fully saturated rings. The van der Waals surface area contributed by atoms with E-state index in [2.05, 4.69) is 46.4 Å². The SMILES string of the molecule is Cc1ccc(-c2[c-]cccc2C#N)nc1.[Ir].[c-]1ccccc1-c1ccc(-c2ccccc2)cn1. The molecule has 4 heteroatoms. The van der Waals surface area contributed by atoms with E-state index in [1.165, 1.54) is 5.56 Å². The quantitative estimate of drug-likeness (QED) is 0.207. The van der Waals surface area contributed by atoms with E-state index < -0.39 is 0 Å². The Kier molecular flexibility index (Phi) is 9.00. The van der Waals surface area contributed by atoms with Crippen molar-refractivity contribution in [3.8, 4) is 39.7 Å². The van der Waals surface area contributed by atoms with Gasteiger partial charge in [-0.3, -0.25) is 0 Å². The van der Waals surface area contributed by atoms with Gasteiger partial charge >= 0.3 is 0 Å². The van der Waals surface area contributed by atoms with Crippen molar-refractivity contribution in [2.45, 2.75) is 6.92 Å². The van der Waals surface area contributed by atoms with Gasteiger partial charge in [0.05, 0.1) is 0 Å². The van der Waals surface area contributed by atoms with Crippen LogP contribution in [0.15, 0.2) is 109 Å². The molecule has 5 aromatic rings. The number of benzene rings is 3. The molecule has 3 nitrogen and oxygen atoms in total. The first-order valence-corrected chi connectivity index (χ1v) is 10.6. The van der Waals surface area contributed by atoms with E-state index in [-0.39, 0.29) is 20.1 Å². The summed E-state index contributed by atoms with van der Waals surface area (Å²) in [4.78, 5) is 8.77. The van der Waals surface area contributed by atoms with Gasteiger partial charge in [-0.1, -0.05) is 54.6 Å². The third-order valence-corrected chi connectivity index (χ3v) is 5.00. The second-order valence-electron chi connectivity index (χ2n) is 7.37. The molecule has 2 heterocycles. The Bertz CT molecular complexity index is 1280. The van der Waals surface area contributed by atoms with Gasteiger partial charge in [0.2, 0.25) is 0 Å². The molecule has 0 spiro atoms. The molecule has 167 valence electrons. The monoisotopic (exact) mass is 616 g/mol. The van der Waals surface area contributed by atoms with Gasteiger partial charge in [0, 0.05) is 38.6 Å². The normalized spacial score (nSPS) is 9.65. The molecule has 1 radical (unpaired) electrons. The Labute approximate surface area is 214 Å². The van der Waals surface area contributed by atoms with Gasteiger partial charge in [-0.25, -0.2) is 5.26 Å². The van der Waals surface area contributed by atoms with Crippen LogP contribution in [0.4, 0.5) is 0 Å². The van der Waals surface area contributed by atoms with Crippen molar-refractivity contribution in [2.24, 2.45) is 0 Å². The molecule has 0 aliphatic rings. The van der Waals surface area contributed by atoms with Gasteiger partial charge in [-0.15, -0.1) is 65.7 Å². The number of aryl methyl sites for hydroxylation is 1. The molecule has 0 amide bonds. The molecule has 0 aliphatic heterocycles. The number of aromatic nitrogens is 2. The predicted molar refractivity (Wildman–Crippen MR) is 132 cm³/mol. The van der Waals surface area contributed by atoms with Crippen molar-refractivity contribution in [2.75, 3.05) is 0 Å². The molecule has 34 heavy (non-hydrogen) atoms.